The maximum atomic E-state index is 5.77. The Balaban J connectivity index is 2.34. The number of guanidine groups is 1. The molecule has 6 nitrogen and oxygen atoms in total. The van der Waals surface area contributed by atoms with E-state index < -0.39 is 0 Å². The van der Waals surface area contributed by atoms with Gasteiger partial charge in [-0.3, -0.25) is 0 Å². The lowest BCUT2D eigenvalue weighted by molar-refractivity contribution is 0.415. The Morgan fingerprint density at radius 3 is 2.84 bits per heavy atom. The van der Waals surface area contributed by atoms with Crippen molar-refractivity contribution in [3.63, 3.8) is 0 Å². The first kappa shape index (κ1) is 13.2. The fourth-order valence-corrected chi connectivity index (χ4v) is 1.79. The molecule has 0 saturated heterocycles. The maximum Gasteiger partial charge on any atom is 0.191 e. The van der Waals surface area contributed by atoms with Crippen LogP contribution in [0.15, 0.2) is 23.2 Å². The molecule has 6 heteroatoms. The van der Waals surface area contributed by atoms with E-state index in [9.17, 15) is 0 Å². The Hall–Kier alpha value is -2.24. The predicted octanol–water partition coefficient (Wildman–Crippen LogP) is 0.958. The topological polar surface area (TPSA) is 68.7 Å². The van der Waals surface area contributed by atoms with E-state index >= 15 is 0 Å². The van der Waals surface area contributed by atoms with Gasteiger partial charge in [-0.25, -0.2) is 9.98 Å². The first-order valence-corrected chi connectivity index (χ1v) is 5.99. The average Bonchev–Trinajstić information content (AvgIpc) is 2.72. The minimum Gasteiger partial charge on any atom is -0.497 e. The van der Waals surface area contributed by atoms with Crippen molar-refractivity contribution in [1.82, 2.24) is 14.5 Å². The van der Waals surface area contributed by atoms with Crippen LogP contribution in [-0.4, -0.2) is 41.6 Å². The van der Waals surface area contributed by atoms with Crippen molar-refractivity contribution in [1.29, 1.82) is 0 Å². The summed E-state index contributed by atoms with van der Waals surface area (Å²) in [5.41, 5.74) is 7.72. The van der Waals surface area contributed by atoms with Crippen LogP contribution >= 0.6 is 0 Å². The molecule has 2 N–H and O–H groups in total. The minimum atomic E-state index is 0.456. The highest BCUT2D eigenvalue weighted by Crippen LogP contribution is 2.21. The lowest BCUT2D eigenvalue weighted by Crippen LogP contribution is -2.30. The third-order valence-corrected chi connectivity index (χ3v) is 3.02. The van der Waals surface area contributed by atoms with Crippen LogP contribution in [0.25, 0.3) is 11.0 Å². The Bertz CT molecular complexity index is 615. The molecule has 0 fully saturated rings. The zero-order valence-corrected chi connectivity index (χ0v) is 11.7. The van der Waals surface area contributed by atoms with Crippen molar-refractivity contribution in [2.75, 3.05) is 21.2 Å². The van der Waals surface area contributed by atoms with Crippen molar-refractivity contribution in [2.45, 2.75) is 6.54 Å². The number of methoxy groups -OCH3 is 1. The number of ether oxygens (including phenoxy) is 1. The standard InChI is InChI=1S/C13H19N5O/c1-17(2)13(14)15-8-12-16-10-7-9(19-4)5-6-11(10)18(12)3/h5-7H,8H2,1-4H3,(H2,14,15). The number of imidazole rings is 1. The van der Waals surface area contributed by atoms with Crippen LogP contribution in [0.4, 0.5) is 0 Å². The molecule has 102 valence electrons. The van der Waals surface area contributed by atoms with E-state index in [1.54, 1.807) is 12.0 Å². The Morgan fingerprint density at radius 1 is 1.47 bits per heavy atom. The number of benzene rings is 1. The van der Waals surface area contributed by atoms with Gasteiger partial charge in [0, 0.05) is 27.2 Å². The molecule has 19 heavy (non-hydrogen) atoms. The van der Waals surface area contributed by atoms with Crippen LogP contribution < -0.4 is 10.5 Å². The highest BCUT2D eigenvalue weighted by molar-refractivity contribution is 5.78. The van der Waals surface area contributed by atoms with Gasteiger partial charge in [0.2, 0.25) is 0 Å². The number of aliphatic imine (C=N–C) groups is 1. The number of hydrogen-bond acceptors (Lipinski definition) is 3. The van der Waals surface area contributed by atoms with Gasteiger partial charge in [-0.1, -0.05) is 0 Å². The van der Waals surface area contributed by atoms with Crippen molar-refractivity contribution >= 4 is 17.0 Å². The molecule has 0 aliphatic heterocycles. The second-order valence-electron chi connectivity index (χ2n) is 4.51. The fraction of sp³-hybridized carbons (Fsp3) is 0.385. The van der Waals surface area contributed by atoms with Gasteiger partial charge in [0.1, 0.15) is 18.1 Å². The van der Waals surface area contributed by atoms with Gasteiger partial charge in [-0.2, -0.15) is 0 Å². The van der Waals surface area contributed by atoms with Gasteiger partial charge < -0.3 is 19.9 Å². The summed E-state index contributed by atoms with van der Waals surface area (Å²) in [6.45, 7) is 0.456. The molecule has 0 aliphatic rings. The summed E-state index contributed by atoms with van der Waals surface area (Å²) in [7, 11) is 7.34. The summed E-state index contributed by atoms with van der Waals surface area (Å²) in [6, 6.07) is 5.83. The highest BCUT2D eigenvalue weighted by Gasteiger charge is 2.08. The number of rotatable bonds is 3. The molecule has 1 aromatic heterocycles. The minimum absolute atomic E-state index is 0.456. The Kier molecular flexibility index (Phi) is 3.59. The molecule has 0 aliphatic carbocycles. The summed E-state index contributed by atoms with van der Waals surface area (Å²) < 4.78 is 7.21. The summed E-state index contributed by atoms with van der Waals surface area (Å²) in [4.78, 5) is 10.6. The quantitative estimate of drug-likeness (QED) is 0.660. The molecule has 0 atom stereocenters. The summed E-state index contributed by atoms with van der Waals surface area (Å²) in [6.07, 6.45) is 0. The van der Waals surface area contributed by atoms with Crippen molar-refractivity contribution in [3.05, 3.63) is 24.0 Å². The monoisotopic (exact) mass is 261 g/mol. The van der Waals surface area contributed by atoms with Gasteiger partial charge in [-0.05, 0) is 12.1 Å². The smallest absolute Gasteiger partial charge is 0.191 e. The molecule has 0 unspecified atom stereocenters. The fourth-order valence-electron chi connectivity index (χ4n) is 1.79. The normalized spacial score (nSPS) is 11.9. The van der Waals surface area contributed by atoms with E-state index in [2.05, 4.69) is 9.98 Å². The van der Waals surface area contributed by atoms with Crippen LogP contribution in [0.3, 0.4) is 0 Å². The number of aromatic nitrogens is 2. The zero-order chi connectivity index (χ0) is 14.0. The molecule has 0 bridgehead atoms. The summed E-state index contributed by atoms with van der Waals surface area (Å²) >= 11 is 0. The van der Waals surface area contributed by atoms with Crippen molar-refractivity contribution in [2.24, 2.45) is 17.8 Å². The number of hydrogen-bond donors (Lipinski definition) is 1. The van der Waals surface area contributed by atoms with Gasteiger partial charge in [0.05, 0.1) is 18.1 Å². The van der Waals surface area contributed by atoms with Crippen LogP contribution in [-0.2, 0) is 13.6 Å². The van der Waals surface area contributed by atoms with Crippen LogP contribution in [0.1, 0.15) is 5.82 Å². The van der Waals surface area contributed by atoms with E-state index in [1.165, 1.54) is 0 Å². The van der Waals surface area contributed by atoms with Crippen molar-refractivity contribution in [3.8, 4) is 5.75 Å². The first-order valence-electron chi connectivity index (χ1n) is 5.99. The van der Waals surface area contributed by atoms with E-state index in [4.69, 9.17) is 10.5 Å². The van der Waals surface area contributed by atoms with Gasteiger partial charge in [0.15, 0.2) is 5.96 Å². The molecule has 0 saturated carbocycles. The van der Waals surface area contributed by atoms with Gasteiger partial charge in [-0.15, -0.1) is 0 Å². The maximum absolute atomic E-state index is 5.77. The van der Waals surface area contributed by atoms with Crippen LogP contribution in [0.5, 0.6) is 5.75 Å². The van der Waals surface area contributed by atoms with Gasteiger partial charge >= 0.3 is 0 Å². The Morgan fingerprint density at radius 2 is 2.21 bits per heavy atom. The Labute approximate surface area is 112 Å². The molecule has 2 rings (SSSR count). The van der Waals surface area contributed by atoms with E-state index in [1.807, 2.05) is 43.9 Å². The van der Waals surface area contributed by atoms with Crippen molar-refractivity contribution < 1.29 is 4.74 Å². The van der Waals surface area contributed by atoms with Crippen LogP contribution in [0, 0.1) is 0 Å². The van der Waals surface area contributed by atoms with E-state index in [0.29, 0.717) is 12.5 Å². The molecule has 0 spiro atoms. The first-order chi connectivity index (χ1) is 9.02. The third kappa shape index (κ3) is 2.62. The third-order valence-electron chi connectivity index (χ3n) is 3.02. The average molecular weight is 261 g/mol. The molecular weight excluding hydrogens is 242 g/mol. The van der Waals surface area contributed by atoms with E-state index in [0.717, 1.165) is 22.6 Å². The molecule has 1 heterocycles. The zero-order valence-electron chi connectivity index (χ0n) is 11.7. The molecule has 0 amide bonds. The summed E-state index contributed by atoms with van der Waals surface area (Å²) in [5.74, 6) is 2.16. The molecule has 1 aromatic carbocycles. The lowest BCUT2D eigenvalue weighted by atomic mass is 10.3. The SMILES string of the molecule is COc1ccc2c(c1)nc(CN=C(N)N(C)C)n2C. The molecule has 0 radical (unpaired) electrons. The van der Waals surface area contributed by atoms with Crippen LogP contribution in [0.2, 0.25) is 0 Å². The number of aryl methyl sites for hydroxylation is 1. The molecular formula is C13H19N5O. The number of nitrogens with two attached hydrogens (primary N) is 1. The summed E-state index contributed by atoms with van der Waals surface area (Å²) in [5, 5.41) is 0. The largest absolute Gasteiger partial charge is 0.497 e. The second kappa shape index (κ2) is 5.17. The predicted molar refractivity (Wildman–Crippen MR) is 76.3 cm³/mol. The lowest BCUT2D eigenvalue weighted by Gasteiger charge is -2.10. The highest BCUT2D eigenvalue weighted by atomic mass is 16.5. The number of nitrogens with zero attached hydrogens (tertiary/aromatic N) is 4. The number of fused-ring (bicyclic) bond motifs is 1. The van der Waals surface area contributed by atoms with E-state index in [-0.39, 0.29) is 0 Å². The van der Waals surface area contributed by atoms with Gasteiger partial charge in [0.25, 0.3) is 0 Å². The second-order valence-corrected chi connectivity index (χ2v) is 4.51. The molecule has 2 aromatic rings.